The zero-order chi connectivity index (χ0) is 15.0. The van der Waals surface area contributed by atoms with Crippen LogP contribution in [0.5, 0.6) is 0 Å². The Morgan fingerprint density at radius 3 is 2.50 bits per heavy atom. The lowest BCUT2D eigenvalue weighted by atomic mass is 9.56. The number of aliphatic hydroxyl groups excluding tert-OH is 1. The van der Waals surface area contributed by atoms with Crippen LogP contribution in [-0.4, -0.2) is 33.0 Å². The summed E-state index contributed by atoms with van der Waals surface area (Å²) in [5, 5.41) is 25.6. The lowest BCUT2D eigenvalue weighted by molar-refractivity contribution is 0.0645. The number of H-pyrrole nitrogens is 1. The van der Waals surface area contributed by atoms with E-state index in [1.807, 2.05) is 0 Å². The molecule has 0 saturated heterocycles. The van der Waals surface area contributed by atoms with Crippen molar-refractivity contribution in [2.24, 2.45) is 11.3 Å². The number of nitrogens with zero attached hydrogens (tertiary/aromatic N) is 1. The van der Waals surface area contributed by atoms with E-state index in [2.05, 4.69) is 31.0 Å². The Morgan fingerprint density at radius 2 is 2.05 bits per heavy atom. The van der Waals surface area contributed by atoms with Gasteiger partial charge in [0.25, 0.3) is 0 Å². The maximum Gasteiger partial charge on any atom is 0.339 e. The largest absolute Gasteiger partial charge is 0.478 e. The summed E-state index contributed by atoms with van der Waals surface area (Å²) in [5.41, 5.74) is 0.740. The van der Waals surface area contributed by atoms with Gasteiger partial charge in [-0.15, -0.1) is 0 Å². The smallest absolute Gasteiger partial charge is 0.339 e. The van der Waals surface area contributed by atoms with Crippen molar-refractivity contribution in [3.05, 3.63) is 17.5 Å². The molecule has 0 aliphatic heterocycles. The van der Waals surface area contributed by atoms with Crippen LogP contribution in [0, 0.1) is 11.3 Å². The quantitative estimate of drug-likeness (QED) is 0.794. The fraction of sp³-hybridized carbons (Fsp3) is 0.733. The van der Waals surface area contributed by atoms with Crippen LogP contribution in [0.1, 0.15) is 62.5 Å². The molecule has 0 radical (unpaired) electrons. The number of carbonyl (C=O) groups is 1. The normalized spacial score (nSPS) is 27.5. The second-order valence-corrected chi connectivity index (χ2v) is 6.92. The minimum Gasteiger partial charge on any atom is -0.478 e. The van der Waals surface area contributed by atoms with Crippen LogP contribution >= 0.6 is 0 Å². The number of aromatic nitrogens is 2. The number of carboxylic acid groups (broad SMARTS) is 1. The number of aliphatic hydroxyl groups is 1. The second kappa shape index (κ2) is 5.20. The van der Waals surface area contributed by atoms with E-state index in [0.717, 1.165) is 31.4 Å². The molecule has 1 fully saturated rings. The van der Waals surface area contributed by atoms with E-state index in [1.54, 1.807) is 0 Å². The van der Waals surface area contributed by atoms with Gasteiger partial charge in [0.05, 0.1) is 11.9 Å². The van der Waals surface area contributed by atoms with Crippen LogP contribution in [0.3, 0.4) is 0 Å². The molecule has 0 unspecified atom stereocenters. The van der Waals surface area contributed by atoms with Crippen molar-refractivity contribution in [1.82, 2.24) is 10.2 Å². The first-order valence-corrected chi connectivity index (χ1v) is 7.20. The molecular weight excluding hydrogens is 256 g/mol. The Kier molecular flexibility index (Phi) is 3.91. The third-order valence-electron chi connectivity index (χ3n) is 5.00. The molecule has 20 heavy (non-hydrogen) atoms. The number of carboxylic acids is 1. The number of hydrogen-bond acceptors (Lipinski definition) is 3. The van der Waals surface area contributed by atoms with Gasteiger partial charge in [0.1, 0.15) is 5.56 Å². The van der Waals surface area contributed by atoms with E-state index in [0.29, 0.717) is 5.92 Å². The zero-order valence-corrected chi connectivity index (χ0v) is 12.4. The molecule has 5 nitrogen and oxygen atoms in total. The number of nitrogens with one attached hydrogen (secondary N) is 1. The van der Waals surface area contributed by atoms with E-state index >= 15 is 0 Å². The van der Waals surface area contributed by atoms with Gasteiger partial charge in [0.15, 0.2) is 0 Å². The van der Waals surface area contributed by atoms with Gasteiger partial charge in [-0.25, -0.2) is 4.79 Å². The van der Waals surface area contributed by atoms with Gasteiger partial charge in [-0.1, -0.05) is 20.8 Å². The van der Waals surface area contributed by atoms with E-state index in [9.17, 15) is 15.0 Å². The third-order valence-corrected chi connectivity index (χ3v) is 5.00. The monoisotopic (exact) mass is 280 g/mol. The van der Waals surface area contributed by atoms with Crippen molar-refractivity contribution >= 4 is 5.97 Å². The minimum atomic E-state index is -0.929. The highest BCUT2D eigenvalue weighted by Gasteiger charge is 2.48. The second-order valence-electron chi connectivity index (χ2n) is 6.92. The van der Waals surface area contributed by atoms with Crippen molar-refractivity contribution in [3.63, 3.8) is 0 Å². The molecule has 112 valence electrons. The fourth-order valence-corrected chi connectivity index (χ4v) is 3.54. The maximum atomic E-state index is 11.4. The van der Waals surface area contributed by atoms with E-state index in [4.69, 9.17) is 0 Å². The summed E-state index contributed by atoms with van der Waals surface area (Å²) in [7, 11) is 0. The Hall–Kier alpha value is -1.36. The molecule has 1 aromatic rings. The predicted molar refractivity (Wildman–Crippen MR) is 75.7 cm³/mol. The average molecular weight is 280 g/mol. The van der Waals surface area contributed by atoms with Crippen LogP contribution in [0.25, 0.3) is 0 Å². The van der Waals surface area contributed by atoms with Crippen LogP contribution in [0.4, 0.5) is 0 Å². The molecular formula is C15H24N2O3. The highest BCUT2D eigenvalue weighted by molar-refractivity contribution is 5.89. The van der Waals surface area contributed by atoms with Gasteiger partial charge < -0.3 is 10.2 Å². The molecule has 1 saturated carbocycles. The van der Waals surface area contributed by atoms with Crippen LogP contribution in [0.2, 0.25) is 0 Å². The summed E-state index contributed by atoms with van der Waals surface area (Å²) in [6, 6.07) is 0. The lowest BCUT2D eigenvalue weighted by Crippen LogP contribution is -2.45. The maximum absolute atomic E-state index is 11.4. The molecule has 0 atom stereocenters. The molecule has 2 rings (SSSR count). The van der Waals surface area contributed by atoms with Crippen LogP contribution in [0.15, 0.2) is 6.20 Å². The zero-order valence-electron chi connectivity index (χ0n) is 12.4. The SMILES string of the molecule is CC(C)(C)C1(c2[nH]ncc2C(=O)O)CCC(CO)CC1. The van der Waals surface area contributed by atoms with E-state index in [1.165, 1.54) is 6.20 Å². The summed E-state index contributed by atoms with van der Waals surface area (Å²) in [6.07, 6.45) is 5.01. The van der Waals surface area contributed by atoms with E-state index in [-0.39, 0.29) is 23.0 Å². The molecule has 0 aromatic carbocycles. The molecule has 1 aliphatic carbocycles. The van der Waals surface area contributed by atoms with Crippen molar-refractivity contribution in [1.29, 1.82) is 0 Å². The van der Waals surface area contributed by atoms with Gasteiger partial charge in [0, 0.05) is 12.0 Å². The van der Waals surface area contributed by atoms with Crippen molar-refractivity contribution < 1.29 is 15.0 Å². The fourth-order valence-electron chi connectivity index (χ4n) is 3.54. The minimum absolute atomic E-state index is 0.0653. The predicted octanol–water partition coefficient (Wildman–Crippen LogP) is 2.57. The number of rotatable bonds is 3. The number of aromatic amines is 1. The molecule has 1 aliphatic rings. The van der Waals surface area contributed by atoms with Crippen LogP contribution < -0.4 is 0 Å². The Labute approximate surface area is 119 Å². The third kappa shape index (κ3) is 2.35. The first kappa shape index (κ1) is 15.0. The topological polar surface area (TPSA) is 86.2 Å². The first-order chi connectivity index (χ1) is 9.32. The van der Waals surface area contributed by atoms with Crippen molar-refractivity contribution in [2.75, 3.05) is 6.61 Å². The molecule has 5 heteroatoms. The summed E-state index contributed by atoms with van der Waals surface area (Å²) in [5.74, 6) is -0.594. The summed E-state index contributed by atoms with van der Waals surface area (Å²) in [6.45, 7) is 6.67. The molecule has 1 heterocycles. The van der Waals surface area contributed by atoms with E-state index < -0.39 is 5.97 Å². The first-order valence-electron chi connectivity index (χ1n) is 7.20. The molecule has 0 spiro atoms. The van der Waals surface area contributed by atoms with Crippen molar-refractivity contribution in [2.45, 2.75) is 51.9 Å². The van der Waals surface area contributed by atoms with Gasteiger partial charge in [-0.2, -0.15) is 5.10 Å². The highest BCUT2D eigenvalue weighted by Crippen LogP contribution is 2.52. The molecule has 3 N–H and O–H groups in total. The van der Waals surface area contributed by atoms with Crippen molar-refractivity contribution in [3.8, 4) is 0 Å². The number of aromatic carboxylic acids is 1. The Balaban J connectivity index is 2.44. The molecule has 0 amide bonds. The highest BCUT2D eigenvalue weighted by atomic mass is 16.4. The van der Waals surface area contributed by atoms with Gasteiger partial charge in [-0.3, -0.25) is 5.10 Å². The Bertz CT molecular complexity index is 480. The number of hydrogen-bond donors (Lipinski definition) is 3. The lowest BCUT2D eigenvalue weighted by Gasteiger charge is -2.48. The summed E-state index contributed by atoms with van der Waals surface area (Å²) in [4.78, 5) is 11.4. The summed E-state index contributed by atoms with van der Waals surface area (Å²) >= 11 is 0. The van der Waals surface area contributed by atoms with Gasteiger partial charge >= 0.3 is 5.97 Å². The Morgan fingerprint density at radius 1 is 1.45 bits per heavy atom. The molecule has 1 aromatic heterocycles. The molecule has 0 bridgehead atoms. The summed E-state index contributed by atoms with van der Waals surface area (Å²) < 4.78 is 0. The van der Waals surface area contributed by atoms with Gasteiger partial charge in [0.2, 0.25) is 0 Å². The standard InChI is InChI=1S/C15H24N2O3/c1-14(2,3)15(6-4-10(9-18)5-7-15)12-11(13(19)20)8-16-17-12/h8,10,18H,4-7,9H2,1-3H3,(H,16,17)(H,19,20). The average Bonchev–Trinajstić information content (AvgIpc) is 2.87. The van der Waals surface area contributed by atoms with Gasteiger partial charge in [-0.05, 0) is 37.0 Å². The van der Waals surface area contributed by atoms with Crippen LogP contribution in [-0.2, 0) is 5.41 Å².